The van der Waals surface area contributed by atoms with Crippen LogP contribution < -0.4 is 5.73 Å². The van der Waals surface area contributed by atoms with Crippen LogP contribution in [0.2, 0.25) is 0 Å². The van der Waals surface area contributed by atoms with Crippen molar-refractivity contribution in [3.63, 3.8) is 0 Å². The molecular formula is C12H16BrNS. The third-order valence-electron chi connectivity index (χ3n) is 3.11. The Kier molecular flexibility index (Phi) is 4.12. The number of hydrogen-bond donors (Lipinski definition) is 1. The van der Waals surface area contributed by atoms with Crippen LogP contribution in [0.4, 0.5) is 0 Å². The molecule has 2 N–H and O–H groups in total. The van der Waals surface area contributed by atoms with Crippen LogP contribution in [0.15, 0.2) is 28.7 Å². The molecule has 1 aromatic carbocycles. The average molecular weight is 286 g/mol. The van der Waals surface area contributed by atoms with E-state index in [2.05, 4.69) is 40.2 Å². The fourth-order valence-corrected chi connectivity index (χ4v) is 4.10. The molecule has 0 radical (unpaired) electrons. The Morgan fingerprint density at radius 2 is 2.20 bits per heavy atom. The minimum Gasteiger partial charge on any atom is -0.330 e. The highest BCUT2D eigenvalue weighted by atomic mass is 79.9. The molecule has 2 atom stereocenters. The highest BCUT2D eigenvalue weighted by Crippen LogP contribution is 2.38. The van der Waals surface area contributed by atoms with Crippen molar-refractivity contribution in [3.05, 3.63) is 34.3 Å². The Balaban J connectivity index is 2.24. The van der Waals surface area contributed by atoms with Crippen LogP contribution in [-0.4, -0.2) is 18.1 Å². The lowest BCUT2D eigenvalue weighted by Gasteiger charge is -2.31. The van der Waals surface area contributed by atoms with Crippen LogP contribution in [-0.2, 0) is 0 Å². The van der Waals surface area contributed by atoms with Crippen molar-refractivity contribution in [2.75, 3.05) is 18.1 Å². The predicted molar refractivity (Wildman–Crippen MR) is 71.4 cm³/mol. The first-order valence-electron chi connectivity index (χ1n) is 5.35. The van der Waals surface area contributed by atoms with Crippen molar-refractivity contribution in [1.29, 1.82) is 0 Å². The SMILES string of the molecule is NCC1CCSCC1c1ccccc1Br. The first-order valence-corrected chi connectivity index (χ1v) is 7.30. The smallest absolute Gasteiger partial charge is 0.0210 e. The molecule has 1 saturated heterocycles. The number of benzene rings is 1. The number of hydrogen-bond acceptors (Lipinski definition) is 2. The summed E-state index contributed by atoms with van der Waals surface area (Å²) in [4.78, 5) is 0. The zero-order valence-corrected chi connectivity index (χ0v) is 11.1. The number of halogens is 1. The van der Waals surface area contributed by atoms with Gasteiger partial charge in [-0.2, -0.15) is 11.8 Å². The maximum Gasteiger partial charge on any atom is 0.0210 e. The van der Waals surface area contributed by atoms with Gasteiger partial charge in [-0.05, 0) is 42.2 Å². The topological polar surface area (TPSA) is 26.0 Å². The molecule has 2 rings (SSSR count). The molecule has 2 unspecified atom stereocenters. The molecule has 3 heteroatoms. The molecule has 82 valence electrons. The molecule has 0 bridgehead atoms. The molecule has 0 spiro atoms. The van der Waals surface area contributed by atoms with Gasteiger partial charge in [0.25, 0.3) is 0 Å². The van der Waals surface area contributed by atoms with Gasteiger partial charge < -0.3 is 5.73 Å². The van der Waals surface area contributed by atoms with Crippen molar-refractivity contribution < 1.29 is 0 Å². The molecule has 1 aromatic rings. The first-order chi connectivity index (χ1) is 7.33. The fourth-order valence-electron chi connectivity index (χ4n) is 2.18. The molecule has 0 aromatic heterocycles. The Morgan fingerprint density at radius 3 is 2.93 bits per heavy atom. The molecule has 0 amide bonds. The number of rotatable bonds is 2. The van der Waals surface area contributed by atoms with Gasteiger partial charge in [0.05, 0.1) is 0 Å². The second-order valence-corrected chi connectivity index (χ2v) is 5.99. The Labute approximate surface area is 104 Å². The van der Waals surface area contributed by atoms with Crippen LogP contribution in [0.25, 0.3) is 0 Å². The molecule has 1 fully saturated rings. The molecule has 0 saturated carbocycles. The van der Waals surface area contributed by atoms with Gasteiger partial charge in [-0.3, -0.25) is 0 Å². The highest BCUT2D eigenvalue weighted by molar-refractivity contribution is 9.10. The zero-order valence-electron chi connectivity index (χ0n) is 8.66. The van der Waals surface area contributed by atoms with Crippen LogP contribution in [0, 0.1) is 5.92 Å². The van der Waals surface area contributed by atoms with E-state index in [0.29, 0.717) is 11.8 Å². The number of thioether (sulfide) groups is 1. The second kappa shape index (κ2) is 5.37. The van der Waals surface area contributed by atoms with E-state index in [4.69, 9.17) is 5.73 Å². The van der Waals surface area contributed by atoms with Gasteiger partial charge in [0.15, 0.2) is 0 Å². The summed E-state index contributed by atoms with van der Waals surface area (Å²) in [6.45, 7) is 0.812. The lowest BCUT2D eigenvalue weighted by Crippen LogP contribution is -2.27. The van der Waals surface area contributed by atoms with Crippen molar-refractivity contribution in [1.82, 2.24) is 0 Å². The molecule has 1 heterocycles. The van der Waals surface area contributed by atoms with Gasteiger partial charge in [0.1, 0.15) is 0 Å². The van der Waals surface area contributed by atoms with Crippen LogP contribution in [0.5, 0.6) is 0 Å². The van der Waals surface area contributed by atoms with Gasteiger partial charge in [-0.1, -0.05) is 34.1 Å². The summed E-state index contributed by atoms with van der Waals surface area (Å²) in [5.41, 5.74) is 7.29. The van der Waals surface area contributed by atoms with E-state index < -0.39 is 0 Å². The lowest BCUT2D eigenvalue weighted by molar-refractivity contribution is 0.439. The maximum atomic E-state index is 5.86. The Morgan fingerprint density at radius 1 is 1.40 bits per heavy atom. The van der Waals surface area contributed by atoms with E-state index in [1.807, 2.05) is 11.8 Å². The van der Waals surface area contributed by atoms with E-state index in [0.717, 1.165) is 6.54 Å². The quantitative estimate of drug-likeness (QED) is 0.903. The average Bonchev–Trinajstić information content (AvgIpc) is 2.30. The minimum atomic E-state index is 0.629. The van der Waals surface area contributed by atoms with Gasteiger partial charge in [-0.15, -0.1) is 0 Å². The summed E-state index contributed by atoms with van der Waals surface area (Å²) >= 11 is 5.69. The van der Waals surface area contributed by atoms with Crippen LogP contribution >= 0.6 is 27.7 Å². The van der Waals surface area contributed by atoms with E-state index in [-0.39, 0.29) is 0 Å². The third-order valence-corrected chi connectivity index (χ3v) is 4.95. The minimum absolute atomic E-state index is 0.629. The second-order valence-electron chi connectivity index (χ2n) is 3.99. The van der Waals surface area contributed by atoms with Gasteiger partial charge in [-0.25, -0.2) is 0 Å². The van der Waals surface area contributed by atoms with Crippen molar-refractivity contribution >= 4 is 27.7 Å². The van der Waals surface area contributed by atoms with E-state index >= 15 is 0 Å². The summed E-state index contributed by atoms with van der Waals surface area (Å²) in [5, 5.41) is 0. The van der Waals surface area contributed by atoms with Gasteiger partial charge in [0, 0.05) is 10.2 Å². The summed E-state index contributed by atoms with van der Waals surface area (Å²) in [6, 6.07) is 8.54. The predicted octanol–water partition coefficient (Wildman–Crippen LogP) is 3.24. The maximum absolute atomic E-state index is 5.86. The number of nitrogens with two attached hydrogens (primary N) is 1. The van der Waals surface area contributed by atoms with Gasteiger partial charge in [0.2, 0.25) is 0 Å². The zero-order chi connectivity index (χ0) is 10.7. The van der Waals surface area contributed by atoms with Crippen molar-refractivity contribution in [3.8, 4) is 0 Å². The summed E-state index contributed by atoms with van der Waals surface area (Å²) in [6.07, 6.45) is 1.26. The van der Waals surface area contributed by atoms with Gasteiger partial charge >= 0.3 is 0 Å². The van der Waals surface area contributed by atoms with E-state index in [1.165, 1.54) is 28.0 Å². The Bertz CT molecular complexity index is 329. The molecule has 1 nitrogen and oxygen atoms in total. The molecule has 1 aliphatic heterocycles. The van der Waals surface area contributed by atoms with Crippen molar-refractivity contribution in [2.45, 2.75) is 12.3 Å². The standard InChI is InChI=1S/C12H16BrNS/c13-12-4-2-1-3-10(12)11-8-15-6-5-9(11)7-14/h1-4,9,11H,5-8,14H2. The fraction of sp³-hybridized carbons (Fsp3) is 0.500. The molecular weight excluding hydrogens is 270 g/mol. The lowest BCUT2D eigenvalue weighted by atomic mass is 9.85. The normalized spacial score (nSPS) is 26.5. The van der Waals surface area contributed by atoms with E-state index in [1.54, 1.807) is 0 Å². The highest BCUT2D eigenvalue weighted by Gasteiger charge is 2.26. The van der Waals surface area contributed by atoms with Crippen LogP contribution in [0.1, 0.15) is 17.9 Å². The molecule has 1 aliphatic rings. The Hall–Kier alpha value is 0.01000. The van der Waals surface area contributed by atoms with E-state index in [9.17, 15) is 0 Å². The third kappa shape index (κ3) is 2.58. The summed E-state index contributed by atoms with van der Waals surface area (Å²) in [5.74, 6) is 3.77. The molecule has 0 aliphatic carbocycles. The molecule has 15 heavy (non-hydrogen) atoms. The summed E-state index contributed by atoms with van der Waals surface area (Å²) in [7, 11) is 0. The largest absolute Gasteiger partial charge is 0.330 e. The first kappa shape index (κ1) is 11.5. The van der Waals surface area contributed by atoms with Crippen LogP contribution in [0.3, 0.4) is 0 Å². The summed E-state index contributed by atoms with van der Waals surface area (Å²) < 4.78 is 1.23. The van der Waals surface area contributed by atoms with Crippen molar-refractivity contribution in [2.24, 2.45) is 11.7 Å². The monoisotopic (exact) mass is 285 g/mol.